The number of nitrogens with one attached hydrogen (secondary N) is 1. The molecule has 1 aromatic rings. The van der Waals surface area contributed by atoms with Crippen molar-refractivity contribution in [3.05, 3.63) is 17.4 Å². The first-order valence-corrected chi connectivity index (χ1v) is 8.47. The summed E-state index contributed by atoms with van der Waals surface area (Å²) in [5.41, 5.74) is 0.000399. The van der Waals surface area contributed by atoms with Gasteiger partial charge in [-0.25, -0.2) is 17.5 Å². The highest BCUT2D eigenvalue weighted by Crippen LogP contribution is 2.21. The second-order valence-electron chi connectivity index (χ2n) is 5.82. The van der Waals surface area contributed by atoms with Gasteiger partial charge in [0.2, 0.25) is 5.09 Å². The van der Waals surface area contributed by atoms with Crippen LogP contribution in [0.15, 0.2) is 15.6 Å². The Bertz CT molecular complexity index is 690. The number of nitrogens with zero attached hydrogens (tertiary/aromatic N) is 1. The lowest BCUT2D eigenvalue weighted by Gasteiger charge is -2.16. The Morgan fingerprint density at radius 3 is 2.35 bits per heavy atom. The van der Waals surface area contributed by atoms with Gasteiger partial charge in [-0.15, -0.1) is 0 Å². The molecule has 0 fully saturated rings. The Labute approximate surface area is 135 Å². The minimum Gasteiger partial charge on any atom is -0.480 e. The van der Waals surface area contributed by atoms with Gasteiger partial charge in [0.15, 0.2) is 0 Å². The molecular formula is C14H22N2O6S. The van der Waals surface area contributed by atoms with Crippen molar-refractivity contribution in [1.29, 1.82) is 0 Å². The normalized spacial score (nSPS) is 13.3. The molecular weight excluding hydrogens is 324 g/mol. The second kappa shape index (κ2) is 7.14. The van der Waals surface area contributed by atoms with Gasteiger partial charge in [-0.05, 0) is 19.3 Å². The van der Waals surface area contributed by atoms with Crippen LogP contribution in [0.25, 0.3) is 0 Å². The van der Waals surface area contributed by atoms with E-state index in [0.29, 0.717) is 0 Å². The summed E-state index contributed by atoms with van der Waals surface area (Å²) in [4.78, 5) is 23.4. The Morgan fingerprint density at radius 1 is 1.35 bits per heavy atom. The molecule has 1 amide bonds. The van der Waals surface area contributed by atoms with Gasteiger partial charge in [-0.2, -0.15) is 0 Å². The van der Waals surface area contributed by atoms with E-state index in [-0.39, 0.29) is 28.8 Å². The third kappa shape index (κ3) is 4.55. The third-order valence-corrected chi connectivity index (χ3v) is 4.86. The number of carbonyl (C=O) groups excluding carboxylic acids is 1. The van der Waals surface area contributed by atoms with E-state index in [2.05, 4.69) is 5.32 Å². The Hall–Kier alpha value is -1.87. The molecule has 0 saturated heterocycles. The van der Waals surface area contributed by atoms with Crippen molar-refractivity contribution >= 4 is 21.9 Å². The van der Waals surface area contributed by atoms with Crippen LogP contribution in [-0.2, 0) is 14.8 Å². The predicted octanol–water partition coefficient (Wildman–Crippen LogP) is 1.07. The van der Waals surface area contributed by atoms with E-state index < -0.39 is 27.9 Å². The van der Waals surface area contributed by atoms with Crippen molar-refractivity contribution in [3.8, 4) is 0 Å². The van der Waals surface area contributed by atoms with Gasteiger partial charge >= 0.3 is 5.97 Å². The van der Waals surface area contributed by atoms with E-state index >= 15 is 0 Å². The van der Waals surface area contributed by atoms with E-state index in [4.69, 9.17) is 9.52 Å². The number of carboxylic acid groups (broad SMARTS) is 1. The number of hydrogen-bond donors (Lipinski definition) is 2. The minimum absolute atomic E-state index is 0.000399. The van der Waals surface area contributed by atoms with E-state index in [1.165, 1.54) is 21.0 Å². The quantitative estimate of drug-likeness (QED) is 0.762. The van der Waals surface area contributed by atoms with Crippen LogP contribution < -0.4 is 5.32 Å². The van der Waals surface area contributed by atoms with E-state index in [1.54, 1.807) is 0 Å². The maximum absolute atomic E-state index is 12.2. The smallest absolute Gasteiger partial charge is 0.326 e. The molecule has 0 aliphatic heterocycles. The zero-order valence-electron chi connectivity index (χ0n) is 13.8. The van der Waals surface area contributed by atoms with Crippen LogP contribution in [0.2, 0.25) is 0 Å². The van der Waals surface area contributed by atoms with Crippen molar-refractivity contribution < 1.29 is 27.5 Å². The number of aliphatic carboxylic acids is 1. The molecule has 0 aliphatic rings. The van der Waals surface area contributed by atoms with Gasteiger partial charge in [0, 0.05) is 20.2 Å². The summed E-state index contributed by atoms with van der Waals surface area (Å²) in [6, 6.07) is 0.0552. The maximum atomic E-state index is 12.2. The van der Waals surface area contributed by atoms with Crippen LogP contribution >= 0.6 is 0 Å². The Morgan fingerprint density at radius 2 is 1.91 bits per heavy atom. The Kier molecular flexibility index (Phi) is 5.95. The predicted molar refractivity (Wildman–Crippen MR) is 82.7 cm³/mol. The molecule has 1 rings (SSSR count). The molecule has 0 radical (unpaired) electrons. The molecule has 9 heteroatoms. The lowest BCUT2D eigenvalue weighted by Crippen LogP contribution is -2.41. The van der Waals surface area contributed by atoms with Crippen molar-refractivity contribution in [2.45, 2.75) is 38.3 Å². The number of rotatable bonds is 7. The SMILES string of the molecule is Cc1oc(S(=O)(=O)N(C)C)cc1C(=O)N[C@@H](CC(C)C)C(=O)O. The zero-order chi connectivity index (χ0) is 17.9. The summed E-state index contributed by atoms with van der Waals surface area (Å²) in [6.07, 6.45) is 0.265. The first-order chi connectivity index (χ1) is 10.5. The standard InChI is InChI=1S/C14H22N2O6S/c1-8(2)6-11(14(18)19)15-13(17)10-7-12(22-9(10)3)23(20,21)16(4)5/h7-8,11H,6H2,1-5H3,(H,15,17)(H,18,19)/t11-/m0/s1. The van der Waals surface area contributed by atoms with Crippen LogP contribution in [0.5, 0.6) is 0 Å². The monoisotopic (exact) mass is 346 g/mol. The summed E-state index contributed by atoms with van der Waals surface area (Å²) in [5.74, 6) is -1.64. The minimum atomic E-state index is -3.81. The highest BCUT2D eigenvalue weighted by atomic mass is 32.2. The third-order valence-electron chi connectivity index (χ3n) is 3.19. The summed E-state index contributed by atoms with van der Waals surface area (Å²) < 4.78 is 30.1. The van der Waals surface area contributed by atoms with E-state index in [1.807, 2.05) is 13.8 Å². The zero-order valence-corrected chi connectivity index (χ0v) is 14.6. The van der Waals surface area contributed by atoms with Gasteiger partial charge in [-0.3, -0.25) is 4.79 Å². The van der Waals surface area contributed by atoms with Crippen LogP contribution in [0.3, 0.4) is 0 Å². The first kappa shape index (κ1) is 19.2. The number of carboxylic acids is 1. The number of aryl methyl sites for hydroxylation is 1. The topological polar surface area (TPSA) is 117 Å². The van der Waals surface area contributed by atoms with Crippen LogP contribution in [0, 0.1) is 12.8 Å². The van der Waals surface area contributed by atoms with Gasteiger partial charge in [0.1, 0.15) is 11.8 Å². The number of carbonyl (C=O) groups is 2. The number of furan rings is 1. The lowest BCUT2D eigenvalue weighted by atomic mass is 10.0. The van der Waals surface area contributed by atoms with Gasteiger partial charge in [-0.1, -0.05) is 13.8 Å². The van der Waals surface area contributed by atoms with Crippen LogP contribution in [-0.4, -0.2) is 49.8 Å². The molecule has 0 aromatic carbocycles. The molecule has 0 bridgehead atoms. The molecule has 0 spiro atoms. The fourth-order valence-electron chi connectivity index (χ4n) is 1.92. The molecule has 1 aromatic heterocycles. The highest BCUT2D eigenvalue weighted by Gasteiger charge is 2.28. The van der Waals surface area contributed by atoms with Crippen molar-refractivity contribution in [3.63, 3.8) is 0 Å². The fourth-order valence-corrected chi connectivity index (χ4v) is 2.77. The van der Waals surface area contributed by atoms with Gasteiger partial charge in [0.05, 0.1) is 5.56 Å². The van der Waals surface area contributed by atoms with Gasteiger partial charge in [0.25, 0.3) is 15.9 Å². The first-order valence-electron chi connectivity index (χ1n) is 7.03. The molecule has 23 heavy (non-hydrogen) atoms. The van der Waals surface area contributed by atoms with Crippen LogP contribution in [0.4, 0.5) is 0 Å². The summed E-state index contributed by atoms with van der Waals surface area (Å²) >= 11 is 0. The molecule has 0 aliphatic carbocycles. The van der Waals surface area contributed by atoms with Crippen molar-refractivity contribution in [1.82, 2.24) is 9.62 Å². The lowest BCUT2D eigenvalue weighted by molar-refractivity contribution is -0.139. The number of sulfonamides is 1. The highest BCUT2D eigenvalue weighted by molar-refractivity contribution is 7.88. The molecule has 8 nitrogen and oxygen atoms in total. The molecule has 0 unspecified atom stereocenters. The molecule has 1 atom stereocenters. The van der Waals surface area contributed by atoms with Crippen LogP contribution in [0.1, 0.15) is 36.4 Å². The summed E-state index contributed by atoms with van der Waals surface area (Å²) in [7, 11) is -1.12. The number of amides is 1. The molecule has 130 valence electrons. The maximum Gasteiger partial charge on any atom is 0.326 e. The van der Waals surface area contributed by atoms with Gasteiger partial charge < -0.3 is 14.8 Å². The van der Waals surface area contributed by atoms with Crippen molar-refractivity contribution in [2.24, 2.45) is 5.92 Å². The van der Waals surface area contributed by atoms with Crippen molar-refractivity contribution in [2.75, 3.05) is 14.1 Å². The summed E-state index contributed by atoms with van der Waals surface area (Å²) in [6.45, 7) is 5.13. The van der Waals surface area contributed by atoms with E-state index in [9.17, 15) is 18.0 Å². The molecule has 1 heterocycles. The second-order valence-corrected chi connectivity index (χ2v) is 7.90. The average Bonchev–Trinajstić information content (AvgIpc) is 2.79. The Balaban J connectivity index is 3.06. The fraction of sp³-hybridized carbons (Fsp3) is 0.571. The van der Waals surface area contributed by atoms with E-state index in [0.717, 1.165) is 10.4 Å². The number of hydrogen-bond acceptors (Lipinski definition) is 5. The molecule has 0 saturated carbocycles. The molecule has 2 N–H and O–H groups in total. The average molecular weight is 346 g/mol. The largest absolute Gasteiger partial charge is 0.480 e. The summed E-state index contributed by atoms with van der Waals surface area (Å²) in [5, 5.41) is 11.2.